The third kappa shape index (κ3) is 7.03. The van der Waals surface area contributed by atoms with Crippen molar-refractivity contribution < 1.29 is 26.7 Å². The van der Waals surface area contributed by atoms with E-state index in [0.717, 1.165) is 35.2 Å². The summed E-state index contributed by atoms with van der Waals surface area (Å²) in [6.07, 6.45) is 1.48. The highest BCUT2D eigenvalue weighted by Gasteiger charge is 2.20. The van der Waals surface area contributed by atoms with E-state index < -0.39 is 27.6 Å². The van der Waals surface area contributed by atoms with E-state index in [9.17, 15) is 27.3 Å². The molecule has 0 unspecified atom stereocenters. The number of nitrogens with one attached hydrogen (secondary N) is 2. The lowest BCUT2D eigenvalue weighted by atomic mass is 9.98. The number of ether oxygens (including phenoxy) is 1. The molecule has 0 bridgehead atoms. The second-order valence-corrected chi connectivity index (χ2v) is 12.5. The number of nitrogens with zero attached hydrogens (tertiary/aromatic N) is 3. The van der Waals surface area contributed by atoms with E-state index in [1.807, 2.05) is 6.07 Å². The first kappa shape index (κ1) is 30.6. The standard InChI is InChI=1S/C30H21F2N5O4S3/c1-41-21-7-2-18(3-8-21)27-15-24(23-11-4-19(31)14-26(23)32)25(16-33)29(36-27)43-17-28(38)35-20-5-9-22(10-6-20)44(39,40)37-30-34-12-13-42-30/h2-15H,17H2,1H3,(H,34,37)(H,35,38). The van der Waals surface area contributed by atoms with Crippen LogP contribution in [-0.2, 0) is 14.8 Å². The fourth-order valence-electron chi connectivity index (χ4n) is 4.06. The lowest BCUT2D eigenvalue weighted by Crippen LogP contribution is -2.15. The second-order valence-electron chi connectivity index (χ2n) is 9.00. The number of pyridine rings is 1. The minimum Gasteiger partial charge on any atom is -0.497 e. The number of thioether (sulfide) groups is 1. The Bertz CT molecular complexity index is 1960. The van der Waals surface area contributed by atoms with Crippen LogP contribution in [0.5, 0.6) is 5.75 Å². The molecule has 0 aliphatic rings. The van der Waals surface area contributed by atoms with Crippen molar-refractivity contribution in [2.24, 2.45) is 0 Å². The quantitative estimate of drug-likeness (QED) is 0.163. The maximum absolute atomic E-state index is 14.9. The number of aromatic nitrogens is 2. The minimum absolute atomic E-state index is 0.00537. The van der Waals surface area contributed by atoms with Crippen molar-refractivity contribution in [2.45, 2.75) is 9.92 Å². The Hall–Kier alpha value is -4.84. The Morgan fingerprint density at radius 1 is 1.05 bits per heavy atom. The first-order valence-corrected chi connectivity index (χ1v) is 16.0. The van der Waals surface area contributed by atoms with E-state index in [-0.39, 0.29) is 37.5 Å². The summed E-state index contributed by atoms with van der Waals surface area (Å²) in [4.78, 5) is 21.3. The number of carbonyl (C=O) groups excluding carboxylic acids is 1. The van der Waals surface area contributed by atoms with Gasteiger partial charge in [0.2, 0.25) is 5.91 Å². The van der Waals surface area contributed by atoms with Crippen molar-refractivity contribution in [2.75, 3.05) is 22.9 Å². The molecule has 3 aromatic carbocycles. The zero-order valence-corrected chi connectivity index (χ0v) is 25.2. The Balaban J connectivity index is 1.38. The number of halogens is 2. The molecule has 0 fully saturated rings. The Labute approximate surface area is 259 Å². The van der Waals surface area contributed by atoms with Gasteiger partial charge in [0.15, 0.2) is 5.13 Å². The first-order valence-electron chi connectivity index (χ1n) is 12.7. The first-order chi connectivity index (χ1) is 21.2. The number of rotatable bonds is 10. The van der Waals surface area contributed by atoms with E-state index >= 15 is 0 Å². The third-order valence-electron chi connectivity index (χ3n) is 6.15. The summed E-state index contributed by atoms with van der Waals surface area (Å²) in [5, 5.41) is 14.8. The summed E-state index contributed by atoms with van der Waals surface area (Å²) in [7, 11) is -2.33. The zero-order valence-electron chi connectivity index (χ0n) is 22.7. The van der Waals surface area contributed by atoms with Crippen LogP contribution in [0.25, 0.3) is 22.4 Å². The van der Waals surface area contributed by atoms with E-state index in [1.165, 1.54) is 43.6 Å². The lowest BCUT2D eigenvalue weighted by Gasteiger charge is -2.14. The van der Waals surface area contributed by atoms with E-state index in [0.29, 0.717) is 22.7 Å². The topological polar surface area (TPSA) is 134 Å². The van der Waals surface area contributed by atoms with Crippen LogP contribution in [0.4, 0.5) is 19.6 Å². The van der Waals surface area contributed by atoms with Gasteiger partial charge in [0.1, 0.15) is 28.5 Å². The third-order valence-corrected chi connectivity index (χ3v) is 9.30. The summed E-state index contributed by atoms with van der Waals surface area (Å²) in [6.45, 7) is 0. The fraction of sp³-hybridized carbons (Fsp3) is 0.0667. The predicted octanol–water partition coefficient (Wildman–Crippen LogP) is 6.56. The normalized spacial score (nSPS) is 11.0. The monoisotopic (exact) mass is 649 g/mol. The van der Waals surface area contributed by atoms with Crippen LogP contribution in [-0.4, -0.2) is 37.2 Å². The van der Waals surface area contributed by atoms with Crippen LogP contribution < -0.4 is 14.8 Å². The van der Waals surface area contributed by atoms with Gasteiger partial charge in [-0.25, -0.2) is 27.2 Å². The number of benzene rings is 3. The molecule has 2 N–H and O–H groups in total. The van der Waals surface area contributed by atoms with Gasteiger partial charge in [-0.3, -0.25) is 9.52 Å². The number of methoxy groups -OCH3 is 1. The van der Waals surface area contributed by atoms with Gasteiger partial charge in [-0.15, -0.1) is 11.3 Å². The molecule has 222 valence electrons. The highest BCUT2D eigenvalue weighted by atomic mass is 32.2. The number of hydrogen-bond acceptors (Lipinski definition) is 9. The molecule has 14 heteroatoms. The van der Waals surface area contributed by atoms with Crippen LogP contribution >= 0.6 is 23.1 Å². The van der Waals surface area contributed by atoms with E-state index in [1.54, 1.807) is 35.7 Å². The highest BCUT2D eigenvalue weighted by Crippen LogP contribution is 2.36. The summed E-state index contributed by atoms with van der Waals surface area (Å²) in [5.74, 6) is -1.64. The number of carbonyl (C=O) groups is 1. The Kier molecular flexibility index (Phi) is 9.19. The number of hydrogen-bond donors (Lipinski definition) is 2. The molecule has 0 saturated heterocycles. The van der Waals surface area contributed by atoms with Gasteiger partial charge < -0.3 is 10.1 Å². The van der Waals surface area contributed by atoms with Crippen LogP contribution in [0, 0.1) is 23.0 Å². The molecule has 0 radical (unpaired) electrons. The molecule has 0 atom stereocenters. The molecule has 1 amide bonds. The fourth-order valence-corrected chi connectivity index (χ4v) is 6.65. The molecular weight excluding hydrogens is 629 g/mol. The summed E-state index contributed by atoms with van der Waals surface area (Å²) in [6, 6.07) is 19.2. The van der Waals surface area contributed by atoms with Crippen molar-refractivity contribution in [1.29, 1.82) is 5.26 Å². The molecule has 0 spiro atoms. The second kappa shape index (κ2) is 13.2. The van der Waals surface area contributed by atoms with Crippen molar-refractivity contribution in [3.8, 4) is 34.2 Å². The minimum atomic E-state index is -3.86. The number of nitriles is 1. The SMILES string of the molecule is COc1ccc(-c2cc(-c3ccc(F)cc3F)c(C#N)c(SCC(=O)Nc3ccc(S(=O)(=O)Nc4nccs4)cc3)n2)cc1. The molecule has 0 aliphatic heterocycles. The van der Waals surface area contributed by atoms with Crippen molar-refractivity contribution in [3.05, 3.63) is 102 Å². The molecule has 2 heterocycles. The molecule has 9 nitrogen and oxygen atoms in total. The summed E-state index contributed by atoms with van der Waals surface area (Å²) < 4.78 is 61.3. The number of thiazole rings is 1. The van der Waals surface area contributed by atoms with Gasteiger partial charge in [-0.1, -0.05) is 11.8 Å². The van der Waals surface area contributed by atoms with Gasteiger partial charge in [-0.2, -0.15) is 5.26 Å². The van der Waals surface area contributed by atoms with Gasteiger partial charge in [0, 0.05) is 40.0 Å². The van der Waals surface area contributed by atoms with Crippen LogP contribution in [0.1, 0.15) is 5.56 Å². The maximum atomic E-state index is 14.9. The largest absolute Gasteiger partial charge is 0.497 e. The van der Waals surface area contributed by atoms with Crippen molar-refractivity contribution in [1.82, 2.24) is 9.97 Å². The van der Waals surface area contributed by atoms with Crippen molar-refractivity contribution >= 4 is 49.8 Å². The summed E-state index contributed by atoms with van der Waals surface area (Å²) in [5.41, 5.74) is 1.61. The average molecular weight is 650 g/mol. The van der Waals surface area contributed by atoms with Gasteiger partial charge in [0.25, 0.3) is 10.0 Å². The molecule has 5 rings (SSSR count). The average Bonchev–Trinajstić information content (AvgIpc) is 3.52. The van der Waals surface area contributed by atoms with E-state index in [2.05, 4.69) is 20.0 Å². The molecular formula is C30H21F2N5O4S3. The summed E-state index contributed by atoms with van der Waals surface area (Å²) >= 11 is 2.10. The number of sulfonamides is 1. The number of anilines is 2. The smallest absolute Gasteiger partial charge is 0.263 e. The van der Waals surface area contributed by atoms with Gasteiger partial charge in [0.05, 0.1) is 29.0 Å². The van der Waals surface area contributed by atoms with Gasteiger partial charge in [-0.05, 0) is 66.7 Å². The molecule has 44 heavy (non-hydrogen) atoms. The zero-order chi connectivity index (χ0) is 31.3. The lowest BCUT2D eigenvalue weighted by molar-refractivity contribution is -0.113. The van der Waals surface area contributed by atoms with Crippen LogP contribution in [0.2, 0.25) is 0 Å². The maximum Gasteiger partial charge on any atom is 0.263 e. The van der Waals surface area contributed by atoms with Crippen LogP contribution in [0.3, 0.4) is 0 Å². The van der Waals surface area contributed by atoms with Crippen molar-refractivity contribution in [3.63, 3.8) is 0 Å². The molecule has 2 aromatic heterocycles. The molecule has 0 aliphatic carbocycles. The van der Waals surface area contributed by atoms with Crippen LogP contribution in [0.15, 0.2) is 94.3 Å². The van der Waals surface area contributed by atoms with Gasteiger partial charge >= 0.3 is 0 Å². The van der Waals surface area contributed by atoms with E-state index in [4.69, 9.17) is 4.74 Å². The molecule has 0 saturated carbocycles. The number of amides is 1. The Morgan fingerprint density at radius 3 is 2.43 bits per heavy atom. The predicted molar refractivity (Wildman–Crippen MR) is 165 cm³/mol. The Morgan fingerprint density at radius 2 is 1.80 bits per heavy atom. The highest BCUT2D eigenvalue weighted by molar-refractivity contribution is 8.00. The molecule has 5 aromatic rings.